The van der Waals surface area contributed by atoms with Crippen LogP contribution in [0.4, 0.5) is 4.39 Å². The first-order chi connectivity index (χ1) is 13.0. The van der Waals surface area contributed by atoms with Crippen LogP contribution in [-0.4, -0.2) is 37.6 Å². The van der Waals surface area contributed by atoms with Crippen molar-refractivity contribution in [2.45, 2.75) is 18.9 Å². The topological polar surface area (TPSA) is 81.7 Å². The van der Waals surface area contributed by atoms with Crippen LogP contribution in [0, 0.1) is 5.82 Å². The van der Waals surface area contributed by atoms with Crippen LogP contribution in [0.5, 0.6) is 0 Å². The SMILES string of the molecule is COC(=O)[C@@H](Cc1ccccc1)NC(=O)COC(=O)Cc1ccc(F)cc1. The van der Waals surface area contributed by atoms with Gasteiger partial charge in [0.2, 0.25) is 0 Å². The van der Waals surface area contributed by atoms with Gasteiger partial charge in [0.05, 0.1) is 13.5 Å². The summed E-state index contributed by atoms with van der Waals surface area (Å²) in [4.78, 5) is 35.7. The van der Waals surface area contributed by atoms with E-state index in [1.807, 2.05) is 30.3 Å². The summed E-state index contributed by atoms with van der Waals surface area (Å²) in [7, 11) is 1.23. The summed E-state index contributed by atoms with van der Waals surface area (Å²) in [5.41, 5.74) is 1.42. The average Bonchev–Trinajstić information content (AvgIpc) is 2.68. The van der Waals surface area contributed by atoms with Gasteiger partial charge in [0.1, 0.15) is 11.9 Å². The number of halogens is 1. The first-order valence-corrected chi connectivity index (χ1v) is 8.29. The summed E-state index contributed by atoms with van der Waals surface area (Å²) in [6, 6.07) is 13.6. The third kappa shape index (κ3) is 6.89. The van der Waals surface area contributed by atoms with Crippen LogP contribution in [0.2, 0.25) is 0 Å². The van der Waals surface area contributed by atoms with Crippen LogP contribution < -0.4 is 5.32 Å². The lowest BCUT2D eigenvalue weighted by Crippen LogP contribution is -2.44. The number of rotatable bonds is 8. The van der Waals surface area contributed by atoms with Crippen molar-refractivity contribution in [3.63, 3.8) is 0 Å². The van der Waals surface area contributed by atoms with E-state index >= 15 is 0 Å². The van der Waals surface area contributed by atoms with Crippen molar-refractivity contribution in [1.82, 2.24) is 5.32 Å². The van der Waals surface area contributed by atoms with Crippen LogP contribution in [0.3, 0.4) is 0 Å². The first kappa shape index (κ1) is 20.1. The Balaban J connectivity index is 1.84. The smallest absolute Gasteiger partial charge is 0.328 e. The Morgan fingerprint density at radius 1 is 1.00 bits per heavy atom. The summed E-state index contributed by atoms with van der Waals surface area (Å²) in [5.74, 6) is -2.24. The lowest BCUT2D eigenvalue weighted by molar-refractivity contribution is -0.149. The van der Waals surface area contributed by atoms with Crippen molar-refractivity contribution in [1.29, 1.82) is 0 Å². The van der Waals surface area contributed by atoms with Crippen molar-refractivity contribution < 1.29 is 28.2 Å². The van der Waals surface area contributed by atoms with Crippen molar-refractivity contribution >= 4 is 17.8 Å². The molecule has 2 aromatic rings. The van der Waals surface area contributed by atoms with E-state index in [-0.39, 0.29) is 12.8 Å². The van der Waals surface area contributed by atoms with E-state index in [2.05, 4.69) is 5.32 Å². The lowest BCUT2D eigenvalue weighted by atomic mass is 10.1. The summed E-state index contributed by atoms with van der Waals surface area (Å²) in [6.07, 6.45) is 0.167. The molecule has 0 radical (unpaired) electrons. The highest BCUT2D eigenvalue weighted by molar-refractivity contribution is 5.86. The Morgan fingerprint density at radius 3 is 2.30 bits per heavy atom. The quantitative estimate of drug-likeness (QED) is 0.714. The number of carbonyl (C=O) groups is 3. The predicted octanol–water partition coefficient (Wildman–Crippen LogP) is 1.81. The van der Waals surface area contributed by atoms with Crippen molar-refractivity contribution in [3.05, 3.63) is 71.5 Å². The molecule has 142 valence electrons. The van der Waals surface area contributed by atoms with E-state index in [1.54, 1.807) is 0 Å². The molecule has 0 heterocycles. The molecule has 0 aromatic heterocycles. The van der Waals surface area contributed by atoms with Crippen LogP contribution in [0.15, 0.2) is 54.6 Å². The third-order valence-electron chi connectivity index (χ3n) is 3.73. The van der Waals surface area contributed by atoms with Crippen molar-refractivity contribution in [2.24, 2.45) is 0 Å². The van der Waals surface area contributed by atoms with E-state index < -0.39 is 36.3 Å². The minimum absolute atomic E-state index is 0.0853. The molecule has 0 spiro atoms. The largest absolute Gasteiger partial charge is 0.467 e. The van der Waals surface area contributed by atoms with Gasteiger partial charge in [-0.2, -0.15) is 0 Å². The fourth-order valence-electron chi connectivity index (χ4n) is 2.39. The molecule has 1 N–H and O–H groups in total. The highest BCUT2D eigenvalue weighted by Gasteiger charge is 2.22. The Kier molecular flexibility index (Phi) is 7.49. The van der Waals surface area contributed by atoms with Gasteiger partial charge in [0, 0.05) is 6.42 Å². The molecule has 2 aromatic carbocycles. The zero-order chi connectivity index (χ0) is 19.6. The standard InChI is InChI=1S/C20H20FNO5/c1-26-20(25)17(11-14-5-3-2-4-6-14)22-18(23)13-27-19(24)12-15-7-9-16(21)10-8-15/h2-10,17H,11-13H2,1H3,(H,22,23)/t17-/m1/s1. The van der Waals surface area contributed by atoms with E-state index in [1.165, 1.54) is 31.4 Å². The number of hydrogen-bond donors (Lipinski definition) is 1. The number of amides is 1. The second kappa shape index (κ2) is 10.1. The molecule has 2 rings (SSSR count). The van der Waals surface area contributed by atoms with E-state index in [4.69, 9.17) is 9.47 Å². The molecule has 1 amide bonds. The highest BCUT2D eigenvalue weighted by Crippen LogP contribution is 2.06. The van der Waals surface area contributed by atoms with Gasteiger partial charge in [-0.3, -0.25) is 9.59 Å². The first-order valence-electron chi connectivity index (χ1n) is 8.29. The predicted molar refractivity (Wildman–Crippen MR) is 95.2 cm³/mol. The molecule has 0 bridgehead atoms. The van der Waals surface area contributed by atoms with Gasteiger partial charge in [0.25, 0.3) is 5.91 Å². The molecule has 1 atom stereocenters. The summed E-state index contributed by atoms with van der Waals surface area (Å²) >= 11 is 0. The fraction of sp³-hybridized carbons (Fsp3) is 0.250. The number of esters is 2. The Bertz CT molecular complexity index is 777. The number of benzene rings is 2. The summed E-state index contributed by atoms with van der Waals surface area (Å²) in [6.45, 7) is -0.525. The molecule has 27 heavy (non-hydrogen) atoms. The maximum absolute atomic E-state index is 12.8. The Hall–Kier alpha value is -3.22. The highest BCUT2D eigenvalue weighted by atomic mass is 19.1. The monoisotopic (exact) mass is 373 g/mol. The van der Waals surface area contributed by atoms with Crippen LogP contribution >= 0.6 is 0 Å². The molecule has 0 saturated carbocycles. The van der Waals surface area contributed by atoms with Crippen LogP contribution in [0.1, 0.15) is 11.1 Å². The Morgan fingerprint density at radius 2 is 1.67 bits per heavy atom. The fourth-order valence-corrected chi connectivity index (χ4v) is 2.39. The van der Waals surface area contributed by atoms with Gasteiger partial charge in [-0.1, -0.05) is 42.5 Å². The molecule has 0 fully saturated rings. The Labute approximate surface area is 156 Å². The number of nitrogens with one attached hydrogen (secondary N) is 1. The average molecular weight is 373 g/mol. The third-order valence-corrected chi connectivity index (χ3v) is 3.73. The van der Waals surface area contributed by atoms with Gasteiger partial charge in [-0.05, 0) is 23.3 Å². The zero-order valence-corrected chi connectivity index (χ0v) is 14.8. The normalized spacial score (nSPS) is 11.3. The van der Waals surface area contributed by atoms with E-state index in [9.17, 15) is 18.8 Å². The summed E-state index contributed by atoms with van der Waals surface area (Å²) < 4.78 is 22.5. The lowest BCUT2D eigenvalue weighted by Gasteiger charge is -2.16. The molecule has 0 saturated heterocycles. The van der Waals surface area contributed by atoms with Gasteiger partial charge in [-0.15, -0.1) is 0 Å². The maximum Gasteiger partial charge on any atom is 0.328 e. The molecular formula is C20H20FNO5. The molecule has 0 aliphatic rings. The van der Waals surface area contributed by atoms with Gasteiger partial charge in [-0.25, -0.2) is 9.18 Å². The molecule has 7 heteroatoms. The summed E-state index contributed by atoms with van der Waals surface area (Å²) in [5, 5.41) is 2.50. The molecular weight excluding hydrogens is 353 g/mol. The number of carbonyl (C=O) groups excluding carboxylic acids is 3. The van der Waals surface area contributed by atoms with Crippen LogP contribution in [-0.2, 0) is 36.7 Å². The number of methoxy groups -OCH3 is 1. The minimum atomic E-state index is -0.888. The van der Waals surface area contributed by atoms with Gasteiger partial charge < -0.3 is 14.8 Å². The second-order valence-electron chi connectivity index (χ2n) is 5.80. The minimum Gasteiger partial charge on any atom is -0.467 e. The maximum atomic E-state index is 12.8. The zero-order valence-electron chi connectivity index (χ0n) is 14.8. The molecule has 0 aliphatic carbocycles. The van der Waals surface area contributed by atoms with Gasteiger partial charge >= 0.3 is 11.9 Å². The van der Waals surface area contributed by atoms with Gasteiger partial charge in [0.15, 0.2) is 6.61 Å². The number of hydrogen-bond acceptors (Lipinski definition) is 5. The molecule has 0 unspecified atom stereocenters. The van der Waals surface area contributed by atoms with Crippen LogP contribution in [0.25, 0.3) is 0 Å². The van der Waals surface area contributed by atoms with E-state index in [0.717, 1.165) is 5.56 Å². The van der Waals surface area contributed by atoms with Crippen molar-refractivity contribution in [2.75, 3.05) is 13.7 Å². The van der Waals surface area contributed by atoms with E-state index in [0.29, 0.717) is 5.56 Å². The number of ether oxygens (including phenoxy) is 2. The molecule has 6 nitrogen and oxygen atoms in total. The second-order valence-corrected chi connectivity index (χ2v) is 5.80. The molecule has 0 aliphatic heterocycles. The van der Waals surface area contributed by atoms with Crippen molar-refractivity contribution in [3.8, 4) is 0 Å².